The number of benzene rings is 1. The van der Waals surface area contributed by atoms with Gasteiger partial charge in [0.15, 0.2) is 0 Å². The van der Waals surface area contributed by atoms with Gasteiger partial charge in [-0.2, -0.15) is 0 Å². The van der Waals surface area contributed by atoms with E-state index in [2.05, 4.69) is 38.1 Å². The zero-order valence-electron chi connectivity index (χ0n) is 13.8. The minimum Gasteiger partial charge on any atom is -0.341 e. The van der Waals surface area contributed by atoms with Gasteiger partial charge >= 0.3 is 0 Å². The van der Waals surface area contributed by atoms with Crippen molar-refractivity contribution in [2.45, 2.75) is 58.4 Å². The third-order valence-corrected chi connectivity index (χ3v) is 3.84. The first-order valence-corrected chi connectivity index (χ1v) is 8.07. The van der Waals surface area contributed by atoms with Gasteiger partial charge in [-0.25, -0.2) is 0 Å². The van der Waals surface area contributed by atoms with Gasteiger partial charge in [-0.3, -0.25) is 4.79 Å². The largest absolute Gasteiger partial charge is 0.341 e. The third-order valence-electron chi connectivity index (χ3n) is 3.84. The Morgan fingerprint density at radius 2 is 1.71 bits per heavy atom. The minimum atomic E-state index is 0.232. The summed E-state index contributed by atoms with van der Waals surface area (Å²) in [5.41, 5.74) is 7.99. The molecule has 1 rings (SSSR count). The molecule has 0 bridgehead atoms. The van der Waals surface area contributed by atoms with E-state index < -0.39 is 0 Å². The van der Waals surface area contributed by atoms with Crippen LogP contribution in [0, 0.1) is 0 Å². The van der Waals surface area contributed by atoms with E-state index in [1.165, 1.54) is 11.1 Å². The molecule has 0 aromatic heterocycles. The third kappa shape index (κ3) is 6.76. The topological polar surface area (TPSA) is 46.3 Å². The molecule has 1 amide bonds. The molecule has 0 aliphatic heterocycles. The average molecular weight is 290 g/mol. The van der Waals surface area contributed by atoms with Crippen LogP contribution in [-0.4, -0.2) is 24.4 Å². The molecule has 0 aliphatic carbocycles. The van der Waals surface area contributed by atoms with Crippen LogP contribution in [0.2, 0.25) is 0 Å². The highest BCUT2D eigenvalue weighted by molar-refractivity contribution is 5.75. The molecule has 2 N–H and O–H groups in total. The maximum atomic E-state index is 12.1. The van der Waals surface area contributed by atoms with Gasteiger partial charge in [0.2, 0.25) is 5.91 Å². The Labute approximate surface area is 129 Å². The van der Waals surface area contributed by atoms with E-state index in [1.807, 2.05) is 11.9 Å². The molecule has 1 aromatic carbocycles. The Morgan fingerprint density at radius 3 is 2.29 bits per heavy atom. The van der Waals surface area contributed by atoms with Crippen molar-refractivity contribution in [1.82, 2.24) is 4.90 Å². The second kappa shape index (κ2) is 9.56. The van der Waals surface area contributed by atoms with Gasteiger partial charge in [0.05, 0.1) is 0 Å². The maximum absolute atomic E-state index is 12.1. The van der Waals surface area contributed by atoms with Gasteiger partial charge in [-0.1, -0.05) is 51.0 Å². The van der Waals surface area contributed by atoms with E-state index in [9.17, 15) is 4.79 Å². The number of hydrogen-bond donors (Lipinski definition) is 1. The van der Waals surface area contributed by atoms with Crippen molar-refractivity contribution in [2.75, 3.05) is 13.6 Å². The van der Waals surface area contributed by atoms with Crippen LogP contribution < -0.4 is 5.73 Å². The van der Waals surface area contributed by atoms with Gasteiger partial charge in [-0.05, 0) is 36.4 Å². The highest BCUT2D eigenvalue weighted by Crippen LogP contribution is 2.15. The molecule has 3 heteroatoms. The van der Waals surface area contributed by atoms with Crippen molar-refractivity contribution in [1.29, 1.82) is 0 Å². The van der Waals surface area contributed by atoms with E-state index in [-0.39, 0.29) is 5.91 Å². The number of nitrogens with two attached hydrogens (primary N) is 1. The van der Waals surface area contributed by atoms with Crippen molar-refractivity contribution in [2.24, 2.45) is 5.73 Å². The lowest BCUT2D eigenvalue weighted by atomic mass is 10.0. The second-order valence-electron chi connectivity index (χ2n) is 6.10. The molecule has 0 heterocycles. The highest BCUT2D eigenvalue weighted by atomic mass is 16.2. The molecule has 3 nitrogen and oxygen atoms in total. The number of hydrogen-bond acceptors (Lipinski definition) is 2. The highest BCUT2D eigenvalue weighted by Gasteiger charge is 2.09. The standard InChI is InChI=1S/C18H30N2O/c1-15(2)17-11-9-16(10-12-17)14-20(3)18(21)8-6-4-5-7-13-19/h9-12,15H,4-8,13-14,19H2,1-3H3. The van der Waals surface area contributed by atoms with E-state index in [0.717, 1.165) is 32.2 Å². The summed E-state index contributed by atoms with van der Waals surface area (Å²) in [5, 5.41) is 0. The quantitative estimate of drug-likeness (QED) is 0.705. The van der Waals surface area contributed by atoms with Gasteiger partial charge in [0, 0.05) is 20.0 Å². The predicted molar refractivity (Wildman–Crippen MR) is 89.1 cm³/mol. The van der Waals surface area contributed by atoms with Crippen molar-refractivity contribution in [3.63, 3.8) is 0 Å². The van der Waals surface area contributed by atoms with Gasteiger partial charge in [0.25, 0.3) is 0 Å². The zero-order valence-corrected chi connectivity index (χ0v) is 13.8. The molecule has 0 spiro atoms. The fourth-order valence-electron chi connectivity index (χ4n) is 2.33. The van der Waals surface area contributed by atoms with Crippen LogP contribution >= 0.6 is 0 Å². The lowest BCUT2D eigenvalue weighted by Crippen LogP contribution is -2.25. The predicted octanol–water partition coefficient (Wildman–Crippen LogP) is 3.68. The molecule has 1 aromatic rings. The summed E-state index contributed by atoms with van der Waals surface area (Å²) < 4.78 is 0. The fourth-order valence-corrected chi connectivity index (χ4v) is 2.33. The van der Waals surface area contributed by atoms with Crippen molar-refractivity contribution >= 4 is 5.91 Å². The van der Waals surface area contributed by atoms with Crippen LogP contribution in [0.5, 0.6) is 0 Å². The number of amides is 1. The number of nitrogens with zero attached hydrogens (tertiary/aromatic N) is 1. The fraction of sp³-hybridized carbons (Fsp3) is 0.611. The van der Waals surface area contributed by atoms with Crippen LogP contribution in [0.15, 0.2) is 24.3 Å². The van der Waals surface area contributed by atoms with Gasteiger partial charge < -0.3 is 10.6 Å². The van der Waals surface area contributed by atoms with Crippen LogP contribution in [-0.2, 0) is 11.3 Å². The Bertz CT molecular complexity index is 412. The summed E-state index contributed by atoms with van der Waals surface area (Å²) in [6.45, 7) is 5.82. The number of rotatable bonds is 9. The first kappa shape index (κ1) is 17.7. The first-order valence-electron chi connectivity index (χ1n) is 8.07. The van der Waals surface area contributed by atoms with Gasteiger partial charge in [0.1, 0.15) is 0 Å². The summed E-state index contributed by atoms with van der Waals surface area (Å²) in [6, 6.07) is 8.57. The monoisotopic (exact) mass is 290 g/mol. The van der Waals surface area contributed by atoms with Crippen LogP contribution in [0.1, 0.15) is 63.0 Å². The molecule has 0 radical (unpaired) electrons. The molecule has 0 saturated carbocycles. The second-order valence-corrected chi connectivity index (χ2v) is 6.10. The Kier molecular flexibility index (Phi) is 8.06. The van der Waals surface area contributed by atoms with Crippen LogP contribution in [0.3, 0.4) is 0 Å². The summed E-state index contributed by atoms with van der Waals surface area (Å²) in [5.74, 6) is 0.780. The molecule has 0 saturated heterocycles. The smallest absolute Gasteiger partial charge is 0.222 e. The lowest BCUT2D eigenvalue weighted by molar-refractivity contribution is -0.130. The molecule has 21 heavy (non-hydrogen) atoms. The van der Waals surface area contributed by atoms with Crippen molar-refractivity contribution in [3.8, 4) is 0 Å². The molecule has 0 atom stereocenters. The molecule has 0 aliphatic rings. The average Bonchev–Trinajstić information content (AvgIpc) is 2.47. The SMILES string of the molecule is CC(C)c1ccc(CN(C)C(=O)CCCCCCN)cc1. The normalized spacial score (nSPS) is 10.9. The number of carbonyl (C=O) groups is 1. The Hall–Kier alpha value is -1.35. The van der Waals surface area contributed by atoms with Crippen molar-refractivity contribution in [3.05, 3.63) is 35.4 Å². The van der Waals surface area contributed by atoms with Crippen LogP contribution in [0.25, 0.3) is 0 Å². The zero-order chi connectivity index (χ0) is 15.7. The molecule has 0 unspecified atom stereocenters. The summed E-state index contributed by atoms with van der Waals surface area (Å²) in [6.07, 6.45) is 4.90. The molecule has 0 fully saturated rings. The minimum absolute atomic E-state index is 0.232. The molecular formula is C18H30N2O. The molecular weight excluding hydrogens is 260 g/mol. The summed E-state index contributed by atoms with van der Waals surface area (Å²) in [4.78, 5) is 13.9. The molecule has 118 valence electrons. The summed E-state index contributed by atoms with van der Waals surface area (Å²) >= 11 is 0. The van der Waals surface area contributed by atoms with E-state index >= 15 is 0 Å². The summed E-state index contributed by atoms with van der Waals surface area (Å²) in [7, 11) is 1.89. The number of carbonyl (C=O) groups excluding carboxylic acids is 1. The maximum Gasteiger partial charge on any atom is 0.222 e. The van der Waals surface area contributed by atoms with Crippen molar-refractivity contribution < 1.29 is 4.79 Å². The lowest BCUT2D eigenvalue weighted by Gasteiger charge is -2.18. The Morgan fingerprint density at radius 1 is 1.10 bits per heavy atom. The van der Waals surface area contributed by atoms with E-state index in [4.69, 9.17) is 5.73 Å². The van der Waals surface area contributed by atoms with E-state index in [1.54, 1.807) is 0 Å². The van der Waals surface area contributed by atoms with Gasteiger partial charge in [-0.15, -0.1) is 0 Å². The van der Waals surface area contributed by atoms with E-state index in [0.29, 0.717) is 18.9 Å². The first-order chi connectivity index (χ1) is 10.0. The Balaban J connectivity index is 2.34. The number of unbranched alkanes of at least 4 members (excludes halogenated alkanes) is 3. The van der Waals surface area contributed by atoms with Crippen LogP contribution in [0.4, 0.5) is 0 Å².